The van der Waals surface area contributed by atoms with E-state index in [-0.39, 0.29) is 28.6 Å². The number of rotatable bonds is 3. The molecule has 0 radical (unpaired) electrons. The Balaban J connectivity index is 1.69. The van der Waals surface area contributed by atoms with Crippen LogP contribution >= 0.6 is 11.8 Å². The van der Waals surface area contributed by atoms with E-state index < -0.39 is 0 Å². The molecule has 0 spiro atoms. The van der Waals surface area contributed by atoms with E-state index in [1.54, 1.807) is 0 Å². The molecule has 0 aromatic carbocycles. The summed E-state index contributed by atoms with van der Waals surface area (Å²) in [7, 11) is 0. The molecular formula is C18H21N5OS. The molecule has 6 nitrogen and oxygen atoms in total. The molecule has 2 atom stereocenters. The number of aromatic nitrogens is 1. The van der Waals surface area contributed by atoms with Gasteiger partial charge in [-0.1, -0.05) is 24.6 Å². The van der Waals surface area contributed by atoms with Crippen molar-refractivity contribution in [1.82, 2.24) is 9.88 Å². The predicted octanol–water partition coefficient (Wildman–Crippen LogP) is 2.68. The molecule has 2 heterocycles. The Morgan fingerprint density at radius 3 is 2.72 bits per heavy atom. The quantitative estimate of drug-likeness (QED) is 0.835. The van der Waals surface area contributed by atoms with Crippen LogP contribution in [0.1, 0.15) is 49.7 Å². The van der Waals surface area contributed by atoms with Crippen LogP contribution in [-0.2, 0) is 4.79 Å². The zero-order chi connectivity index (χ0) is 17.8. The summed E-state index contributed by atoms with van der Waals surface area (Å²) in [6.45, 7) is 0.828. The number of hydrogen-bond donors (Lipinski definition) is 1. The minimum Gasteiger partial charge on any atom is -0.383 e. The largest absolute Gasteiger partial charge is 0.383 e. The Morgan fingerprint density at radius 2 is 1.96 bits per heavy atom. The molecule has 2 N–H and O–H groups in total. The monoisotopic (exact) mass is 355 g/mol. The van der Waals surface area contributed by atoms with Crippen LogP contribution in [0, 0.1) is 28.6 Å². The van der Waals surface area contributed by atoms with E-state index in [4.69, 9.17) is 11.0 Å². The normalized spacial score (nSPS) is 22.6. The molecule has 0 bridgehead atoms. The molecule has 130 valence electrons. The number of pyridine rings is 1. The maximum Gasteiger partial charge on any atom is 0.233 e. The first-order valence-electron chi connectivity index (χ1n) is 8.67. The first-order valence-corrected chi connectivity index (χ1v) is 9.65. The second kappa shape index (κ2) is 7.76. The molecule has 25 heavy (non-hydrogen) atoms. The van der Waals surface area contributed by atoms with E-state index in [2.05, 4.69) is 4.98 Å². The number of piperidine rings is 1. The molecule has 1 aromatic heterocycles. The van der Waals surface area contributed by atoms with Crippen LogP contribution in [-0.4, -0.2) is 34.1 Å². The fourth-order valence-electron chi connectivity index (χ4n) is 3.94. The van der Waals surface area contributed by atoms with Gasteiger partial charge in [-0.25, -0.2) is 4.98 Å². The molecule has 3 rings (SSSR count). The van der Waals surface area contributed by atoms with Crippen molar-refractivity contribution in [2.75, 3.05) is 18.0 Å². The van der Waals surface area contributed by atoms with Gasteiger partial charge in [0.05, 0.1) is 16.9 Å². The maximum absolute atomic E-state index is 12.7. The van der Waals surface area contributed by atoms with Gasteiger partial charge in [0.1, 0.15) is 23.0 Å². The minimum atomic E-state index is 0.0989. The second-order valence-corrected chi connectivity index (χ2v) is 7.59. The van der Waals surface area contributed by atoms with Crippen molar-refractivity contribution in [3.63, 3.8) is 0 Å². The number of nitrogens with two attached hydrogens (primary N) is 1. The van der Waals surface area contributed by atoms with E-state index in [1.165, 1.54) is 43.5 Å². The van der Waals surface area contributed by atoms with E-state index >= 15 is 0 Å². The Kier molecular flexibility index (Phi) is 5.45. The summed E-state index contributed by atoms with van der Waals surface area (Å²) in [5.41, 5.74) is 6.22. The van der Waals surface area contributed by atoms with Crippen molar-refractivity contribution in [2.24, 2.45) is 5.92 Å². The Bertz CT molecular complexity index is 749. The van der Waals surface area contributed by atoms with Crippen LogP contribution in [0.25, 0.3) is 0 Å². The first kappa shape index (κ1) is 17.6. The highest BCUT2D eigenvalue weighted by Gasteiger charge is 2.35. The van der Waals surface area contributed by atoms with Gasteiger partial charge in [-0.2, -0.15) is 10.5 Å². The number of anilines is 1. The number of thioether (sulfide) groups is 1. The number of nitriles is 2. The highest BCUT2D eigenvalue weighted by atomic mass is 32.2. The van der Waals surface area contributed by atoms with Gasteiger partial charge >= 0.3 is 0 Å². The van der Waals surface area contributed by atoms with Crippen LogP contribution in [0.3, 0.4) is 0 Å². The van der Waals surface area contributed by atoms with Crippen LogP contribution in [0.4, 0.5) is 5.82 Å². The summed E-state index contributed by atoms with van der Waals surface area (Å²) in [4.78, 5) is 18.9. The molecule has 2 aliphatic rings. The van der Waals surface area contributed by atoms with Crippen molar-refractivity contribution >= 4 is 23.5 Å². The topological polar surface area (TPSA) is 107 Å². The van der Waals surface area contributed by atoms with Gasteiger partial charge in [0.15, 0.2) is 0 Å². The van der Waals surface area contributed by atoms with Gasteiger partial charge < -0.3 is 10.6 Å². The number of carbonyl (C=O) groups excluding carboxylic acids is 1. The van der Waals surface area contributed by atoms with Crippen molar-refractivity contribution in [3.05, 3.63) is 17.2 Å². The molecule has 0 unspecified atom stereocenters. The molecule has 1 aliphatic heterocycles. The van der Waals surface area contributed by atoms with E-state index in [1.807, 2.05) is 17.0 Å². The zero-order valence-corrected chi connectivity index (χ0v) is 14.9. The average Bonchev–Trinajstić information content (AvgIpc) is 2.65. The summed E-state index contributed by atoms with van der Waals surface area (Å²) in [5, 5.41) is 18.7. The third-order valence-corrected chi connectivity index (χ3v) is 6.13. The summed E-state index contributed by atoms with van der Waals surface area (Å²) >= 11 is 1.23. The predicted molar refractivity (Wildman–Crippen MR) is 95.5 cm³/mol. The zero-order valence-electron chi connectivity index (χ0n) is 14.1. The van der Waals surface area contributed by atoms with Gasteiger partial charge in [0, 0.05) is 12.6 Å². The van der Waals surface area contributed by atoms with Crippen LogP contribution < -0.4 is 5.73 Å². The fraction of sp³-hybridized carbons (Fsp3) is 0.556. The van der Waals surface area contributed by atoms with Crippen molar-refractivity contribution in [2.45, 2.75) is 49.6 Å². The molecule has 7 heteroatoms. The van der Waals surface area contributed by atoms with Crippen molar-refractivity contribution < 1.29 is 4.79 Å². The Labute approximate surface area is 152 Å². The van der Waals surface area contributed by atoms with Crippen LogP contribution in [0.5, 0.6) is 0 Å². The lowest BCUT2D eigenvalue weighted by Gasteiger charge is -2.44. The lowest BCUT2D eigenvalue weighted by atomic mass is 9.78. The number of nitrogen functional groups attached to an aromatic ring is 1. The molecule has 1 saturated carbocycles. The number of carbonyl (C=O) groups is 1. The highest BCUT2D eigenvalue weighted by molar-refractivity contribution is 8.00. The number of nitrogens with zero attached hydrogens (tertiary/aromatic N) is 4. The van der Waals surface area contributed by atoms with Gasteiger partial charge in [-0.15, -0.1) is 0 Å². The van der Waals surface area contributed by atoms with Gasteiger partial charge in [0.2, 0.25) is 5.91 Å². The number of likely N-dealkylation sites (tertiary alicyclic amines) is 1. The fourth-order valence-corrected chi connectivity index (χ4v) is 4.79. The lowest BCUT2D eigenvalue weighted by molar-refractivity contribution is -0.134. The Hall–Kier alpha value is -2.25. The summed E-state index contributed by atoms with van der Waals surface area (Å²) in [6.07, 6.45) is 7.11. The smallest absolute Gasteiger partial charge is 0.233 e. The van der Waals surface area contributed by atoms with Crippen molar-refractivity contribution in [1.29, 1.82) is 10.5 Å². The lowest BCUT2D eigenvalue weighted by Crippen LogP contribution is -2.50. The van der Waals surface area contributed by atoms with Crippen LogP contribution in [0.15, 0.2) is 11.1 Å². The maximum atomic E-state index is 12.7. The van der Waals surface area contributed by atoms with E-state index in [9.17, 15) is 10.1 Å². The van der Waals surface area contributed by atoms with Gasteiger partial charge in [-0.05, 0) is 37.7 Å². The SMILES string of the molecule is N#Cc1cc(C#N)c(SCC(=O)N2CCC[C@H]3CCCC[C@@H]32)nc1N. The van der Waals surface area contributed by atoms with Gasteiger partial charge in [-0.3, -0.25) is 4.79 Å². The molecule has 1 aliphatic carbocycles. The summed E-state index contributed by atoms with van der Waals surface area (Å²) < 4.78 is 0. The second-order valence-electron chi connectivity index (χ2n) is 6.63. The molecule has 1 aromatic rings. The number of hydrogen-bond acceptors (Lipinski definition) is 6. The third kappa shape index (κ3) is 3.72. The summed E-state index contributed by atoms with van der Waals surface area (Å²) in [6, 6.07) is 5.77. The third-order valence-electron chi connectivity index (χ3n) is 5.15. The first-order chi connectivity index (χ1) is 12.1. The number of amides is 1. The molecule has 1 saturated heterocycles. The molecular weight excluding hydrogens is 334 g/mol. The van der Waals surface area contributed by atoms with Crippen LogP contribution in [0.2, 0.25) is 0 Å². The average molecular weight is 355 g/mol. The highest BCUT2D eigenvalue weighted by Crippen LogP contribution is 2.36. The number of fused-ring (bicyclic) bond motifs is 1. The standard InChI is InChI=1S/C18H21N5OS/c19-9-13-8-14(10-20)18(22-17(13)21)25-11-16(24)23-7-3-5-12-4-1-2-6-15(12)23/h8,12,15H,1-7,11H2,(H2,21,22)/t12-,15+/m1/s1. The van der Waals surface area contributed by atoms with Gasteiger partial charge in [0.25, 0.3) is 0 Å². The summed E-state index contributed by atoms with van der Waals surface area (Å²) in [5.74, 6) is 1.10. The van der Waals surface area contributed by atoms with E-state index in [0.29, 0.717) is 17.0 Å². The van der Waals surface area contributed by atoms with E-state index in [0.717, 1.165) is 19.4 Å². The molecule has 1 amide bonds. The molecule has 2 fully saturated rings. The van der Waals surface area contributed by atoms with Crippen molar-refractivity contribution in [3.8, 4) is 12.1 Å². The minimum absolute atomic E-state index is 0.0989. The Morgan fingerprint density at radius 1 is 1.24 bits per heavy atom.